The molecule has 2 rings (SSSR count). The minimum Gasteiger partial charge on any atom is -0.350 e. The normalized spacial score (nSPS) is 17.3. The van der Waals surface area contributed by atoms with Crippen molar-refractivity contribution >= 4 is 23.3 Å². The van der Waals surface area contributed by atoms with E-state index in [0.717, 1.165) is 13.1 Å². The average Bonchev–Trinajstić information content (AvgIpc) is 2.52. The van der Waals surface area contributed by atoms with Crippen LogP contribution in [-0.4, -0.2) is 41.5 Å². The third-order valence-corrected chi connectivity index (χ3v) is 3.97. The maximum Gasteiger partial charge on any atom is 0.251 e. The number of hydrazine groups is 1. The molecule has 1 aliphatic rings. The zero-order chi connectivity index (χ0) is 15.2. The molecule has 7 heteroatoms. The van der Waals surface area contributed by atoms with Gasteiger partial charge in [0.05, 0.1) is 0 Å². The number of hydrogen-bond donors (Lipinski definition) is 3. The van der Waals surface area contributed by atoms with Crippen LogP contribution >= 0.6 is 11.6 Å². The van der Waals surface area contributed by atoms with Gasteiger partial charge in [0, 0.05) is 18.2 Å². The first-order valence-corrected chi connectivity index (χ1v) is 7.64. The Balaban J connectivity index is 1.90. The Morgan fingerprint density at radius 1 is 1.43 bits per heavy atom. The SMILES string of the molecule is CC(CNC(=O)c1cc(Cl)nc(NN)c1)N1CCCCC1. The van der Waals surface area contributed by atoms with Gasteiger partial charge >= 0.3 is 0 Å². The number of carbonyl (C=O) groups excluding carboxylic acids is 1. The van der Waals surface area contributed by atoms with Crippen molar-refractivity contribution in [2.75, 3.05) is 25.1 Å². The summed E-state index contributed by atoms with van der Waals surface area (Å²) in [5, 5.41) is 3.17. The van der Waals surface area contributed by atoms with Crippen LogP contribution < -0.4 is 16.6 Å². The standard InChI is InChI=1S/C14H22ClN5O/c1-10(20-5-3-2-4-6-20)9-17-14(21)11-7-12(15)18-13(8-11)19-16/h7-8,10H,2-6,9,16H2,1H3,(H,17,21)(H,18,19). The van der Waals surface area contributed by atoms with E-state index >= 15 is 0 Å². The van der Waals surface area contributed by atoms with Crippen molar-refractivity contribution in [2.24, 2.45) is 5.84 Å². The van der Waals surface area contributed by atoms with E-state index < -0.39 is 0 Å². The molecule has 116 valence electrons. The summed E-state index contributed by atoms with van der Waals surface area (Å²) in [6.07, 6.45) is 3.79. The fourth-order valence-electron chi connectivity index (χ4n) is 2.53. The molecule has 6 nitrogen and oxygen atoms in total. The first-order chi connectivity index (χ1) is 10.1. The van der Waals surface area contributed by atoms with E-state index in [4.69, 9.17) is 17.4 Å². The molecule has 1 unspecified atom stereocenters. The Morgan fingerprint density at radius 2 is 2.14 bits per heavy atom. The van der Waals surface area contributed by atoms with Crippen LogP contribution in [0.1, 0.15) is 36.5 Å². The number of nitrogens with zero attached hydrogens (tertiary/aromatic N) is 2. The number of carbonyl (C=O) groups is 1. The van der Waals surface area contributed by atoms with Crippen molar-refractivity contribution in [1.82, 2.24) is 15.2 Å². The van der Waals surface area contributed by atoms with Gasteiger partial charge in [-0.2, -0.15) is 0 Å². The highest BCUT2D eigenvalue weighted by Gasteiger charge is 2.17. The lowest BCUT2D eigenvalue weighted by Gasteiger charge is -2.32. The van der Waals surface area contributed by atoms with Gasteiger partial charge in [0.25, 0.3) is 5.91 Å². The van der Waals surface area contributed by atoms with E-state index in [-0.39, 0.29) is 11.1 Å². The molecule has 1 aromatic rings. The minimum absolute atomic E-state index is 0.167. The smallest absolute Gasteiger partial charge is 0.251 e. The highest BCUT2D eigenvalue weighted by Crippen LogP contribution is 2.14. The summed E-state index contributed by atoms with van der Waals surface area (Å²) >= 11 is 5.86. The number of piperidine rings is 1. The number of anilines is 1. The van der Waals surface area contributed by atoms with Crippen molar-refractivity contribution in [3.8, 4) is 0 Å². The molecule has 1 amide bonds. The summed E-state index contributed by atoms with van der Waals surface area (Å²) in [6, 6.07) is 3.44. The summed E-state index contributed by atoms with van der Waals surface area (Å²) in [6.45, 7) is 4.97. The van der Waals surface area contributed by atoms with E-state index in [2.05, 4.69) is 27.6 Å². The van der Waals surface area contributed by atoms with Gasteiger partial charge in [-0.3, -0.25) is 9.69 Å². The summed E-state index contributed by atoms with van der Waals surface area (Å²) in [5.41, 5.74) is 2.85. The van der Waals surface area contributed by atoms with Gasteiger partial charge in [-0.15, -0.1) is 0 Å². The molecule has 1 aromatic heterocycles. The first-order valence-electron chi connectivity index (χ1n) is 7.26. The Kier molecular flexibility index (Phi) is 5.78. The second kappa shape index (κ2) is 7.59. The molecule has 0 spiro atoms. The Bertz CT molecular complexity index is 490. The van der Waals surface area contributed by atoms with Gasteiger partial charge in [0.15, 0.2) is 0 Å². The van der Waals surface area contributed by atoms with Gasteiger partial charge in [-0.05, 0) is 45.0 Å². The molecule has 0 saturated carbocycles. The fourth-order valence-corrected chi connectivity index (χ4v) is 2.74. The van der Waals surface area contributed by atoms with Crippen LogP contribution in [0.25, 0.3) is 0 Å². The monoisotopic (exact) mass is 311 g/mol. The molecule has 1 fully saturated rings. The van der Waals surface area contributed by atoms with Gasteiger partial charge in [-0.1, -0.05) is 18.0 Å². The number of amides is 1. The maximum atomic E-state index is 12.2. The van der Waals surface area contributed by atoms with E-state index in [1.54, 1.807) is 6.07 Å². The van der Waals surface area contributed by atoms with Gasteiger partial charge < -0.3 is 10.7 Å². The Morgan fingerprint density at radius 3 is 2.81 bits per heavy atom. The number of aromatic nitrogens is 1. The quantitative estimate of drug-likeness (QED) is 0.437. The molecular formula is C14H22ClN5O. The fraction of sp³-hybridized carbons (Fsp3) is 0.571. The van der Waals surface area contributed by atoms with Crippen LogP contribution in [0.2, 0.25) is 5.15 Å². The molecule has 0 aromatic carbocycles. The number of pyridine rings is 1. The highest BCUT2D eigenvalue weighted by molar-refractivity contribution is 6.29. The molecule has 0 bridgehead atoms. The van der Waals surface area contributed by atoms with Crippen LogP contribution in [-0.2, 0) is 0 Å². The third-order valence-electron chi connectivity index (χ3n) is 3.78. The molecule has 1 saturated heterocycles. The maximum absolute atomic E-state index is 12.2. The summed E-state index contributed by atoms with van der Waals surface area (Å²) in [7, 11) is 0. The lowest BCUT2D eigenvalue weighted by atomic mass is 10.1. The number of nitrogens with one attached hydrogen (secondary N) is 2. The predicted octanol–water partition coefficient (Wildman–Crippen LogP) is 1.62. The summed E-state index contributed by atoms with van der Waals surface area (Å²) in [5.74, 6) is 5.50. The van der Waals surface area contributed by atoms with E-state index in [1.807, 2.05) is 0 Å². The summed E-state index contributed by atoms with van der Waals surface area (Å²) < 4.78 is 0. The topological polar surface area (TPSA) is 83.3 Å². The Labute approximate surface area is 130 Å². The largest absolute Gasteiger partial charge is 0.350 e. The van der Waals surface area contributed by atoms with E-state index in [0.29, 0.717) is 24.0 Å². The zero-order valence-electron chi connectivity index (χ0n) is 12.2. The van der Waals surface area contributed by atoms with Crippen molar-refractivity contribution < 1.29 is 4.79 Å². The van der Waals surface area contributed by atoms with Crippen molar-refractivity contribution in [3.05, 3.63) is 22.8 Å². The lowest BCUT2D eigenvalue weighted by molar-refractivity contribution is 0.0930. The van der Waals surface area contributed by atoms with Crippen LogP contribution in [0.3, 0.4) is 0 Å². The number of nitrogen functional groups attached to an aromatic ring is 1. The van der Waals surface area contributed by atoms with Gasteiger partial charge in [0.1, 0.15) is 11.0 Å². The van der Waals surface area contributed by atoms with Crippen LogP contribution in [0.15, 0.2) is 12.1 Å². The molecule has 21 heavy (non-hydrogen) atoms. The first kappa shape index (κ1) is 16.0. The Hall–Kier alpha value is -1.37. The highest BCUT2D eigenvalue weighted by atomic mass is 35.5. The van der Waals surface area contributed by atoms with Crippen LogP contribution in [0, 0.1) is 0 Å². The minimum atomic E-state index is -0.167. The van der Waals surface area contributed by atoms with Crippen molar-refractivity contribution in [1.29, 1.82) is 0 Å². The predicted molar refractivity (Wildman–Crippen MR) is 84.3 cm³/mol. The second-order valence-electron chi connectivity index (χ2n) is 5.36. The molecule has 4 N–H and O–H groups in total. The number of rotatable bonds is 5. The van der Waals surface area contributed by atoms with Crippen molar-refractivity contribution in [3.63, 3.8) is 0 Å². The molecule has 0 aliphatic carbocycles. The average molecular weight is 312 g/mol. The van der Waals surface area contributed by atoms with Crippen molar-refractivity contribution in [2.45, 2.75) is 32.2 Å². The number of likely N-dealkylation sites (tertiary alicyclic amines) is 1. The molecular weight excluding hydrogens is 290 g/mol. The molecule has 0 radical (unpaired) electrons. The number of halogens is 1. The van der Waals surface area contributed by atoms with Gasteiger partial charge in [0.2, 0.25) is 0 Å². The summed E-state index contributed by atoms with van der Waals surface area (Å²) in [4.78, 5) is 18.5. The zero-order valence-corrected chi connectivity index (χ0v) is 13.0. The second-order valence-corrected chi connectivity index (χ2v) is 5.75. The molecule has 2 heterocycles. The number of nitrogens with two attached hydrogens (primary N) is 1. The van der Waals surface area contributed by atoms with Crippen LogP contribution in [0.5, 0.6) is 0 Å². The van der Waals surface area contributed by atoms with E-state index in [9.17, 15) is 4.79 Å². The molecule has 1 atom stereocenters. The van der Waals surface area contributed by atoms with Crippen LogP contribution in [0.4, 0.5) is 5.82 Å². The third kappa shape index (κ3) is 4.56. The lowest BCUT2D eigenvalue weighted by Crippen LogP contribution is -2.44. The van der Waals surface area contributed by atoms with E-state index in [1.165, 1.54) is 25.3 Å². The number of hydrogen-bond acceptors (Lipinski definition) is 5. The molecule has 1 aliphatic heterocycles. The van der Waals surface area contributed by atoms with Gasteiger partial charge in [-0.25, -0.2) is 10.8 Å².